The van der Waals surface area contributed by atoms with E-state index in [4.69, 9.17) is 17.3 Å². The summed E-state index contributed by atoms with van der Waals surface area (Å²) in [5, 5.41) is 0.800. The zero-order chi connectivity index (χ0) is 12.8. The first-order valence-corrected chi connectivity index (χ1v) is 6.51. The Morgan fingerprint density at radius 1 is 1.17 bits per heavy atom. The molecule has 2 rings (SSSR count). The summed E-state index contributed by atoms with van der Waals surface area (Å²) in [6.45, 7) is 0. The minimum atomic E-state index is 0.130. The van der Waals surface area contributed by atoms with Gasteiger partial charge >= 0.3 is 0 Å². The van der Waals surface area contributed by atoms with Crippen LogP contribution in [0.1, 0.15) is 17.5 Å². The highest BCUT2D eigenvalue weighted by Gasteiger charge is 2.07. The number of pyridine rings is 1. The first kappa shape index (κ1) is 13.1. The van der Waals surface area contributed by atoms with Crippen molar-refractivity contribution in [3.63, 3.8) is 0 Å². The molecular formula is C15H17ClN2. The van der Waals surface area contributed by atoms with Crippen molar-refractivity contribution in [3.05, 3.63) is 64.9 Å². The summed E-state index contributed by atoms with van der Waals surface area (Å²) in [5.74, 6) is 0. The van der Waals surface area contributed by atoms with E-state index in [1.165, 1.54) is 5.56 Å². The van der Waals surface area contributed by atoms with Crippen LogP contribution < -0.4 is 5.73 Å². The van der Waals surface area contributed by atoms with Crippen molar-refractivity contribution in [3.8, 4) is 0 Å². The molecule has 0 bridgehead atoms. The molecule has 0 fully saturated rings. The minimum absolute atomic E-state index is 0.130. The quantitative estimate of drug-likeness (QED) is 0.896. The zero-order valence-corrected chi connectivity index (χ0v) is 11.0. The fraction of sp³-hybridized carbons (Fsp3) is 0.267. The monoisotopic (exact) mass is 260 g/mol. The lowest BCUT2D eigenvalue weighted by Gasteiger charge is -2.12. The van der Waals surface area contributed by atoms with Crippen LogP contribution in [-0.4, -0.2) is 11.0 Å². The number of hydrogen-bond donors (Lipinski definition) is 1. The Bertz CT molecular complexity index is 485. The third kappa shape index (κ3) is 3.83. The topological polar surface area (TPSA) is 38.9 Å². The van der Waals surface area contributed by atoms with E-state index < -0.39 is 0 Å². The van der Waals surface area contributed by atoms with Gasteiger partial charge in [0.15, 0.2) is 0 Å². The molecule has 1 aromatic heterocycles. The summed E-state index contributed by atoms with van der Waals surface area (Å²) in [7, 11) is 0. The molecule has 2 N–H and O–H groups in total. The Morgan fingerprint density at radius 2 is 2.00 bits per heavy atom. The van der Waals surface area contributed by atoms with E-state index in [0.717, 1.165) is 29.8 Å². The lowest BCUT2D eigenvalue weighted by atomic mass is 10.0. The van der Waals surface area contributed by atoms with Crippen LogP contribution in [0.2, 0.25) is 5.02 Å². The highest BCUT2D eigenvalue weighted by atomic mass is 35.5. The predicted molar refractivity (Wildman–Crippen MR) is 75.7 cm³/mol. The second-order valence-corrected chi connectivity index (χ2v) is 4.86. The third-order valence-electron chi connectivity index (χ3n) is 2.97. The predicted octanol–water partition coefficient (Wildman–Crippen LogP) is 3.24. The number of nitrogens with zero attached hydrogens (tertiary/aromatic N) is 1. The number of aryl methyl sites for hydroxylation is 1. The van der Waals surface area contributed by atoms with Gasteiger partial charge in [0.25, 0.3) is 0 Å². The number of benzene rings is 1. The Balaban J connectivity index is 1.86. The third-order valence-corrected chi connectivity index (χ3v) is 3.34. The standard InChI is InChI=1S/C15H17ClN2/c16-15-6-2-1-5-13(15)10-14(17)8-7-12-4-3-9-18-11-12/h1-6,9,11,14H,7-8,10,17H2. The molecule has 0 saturated heterocycles. The van der Waals surface area contributed by atoms with Crippen molar-refractivity contribution in [1.29, 1.82) is 0 Å². The fourth-order valence-electron chi connectivity index (χ4n) is 1.95. The molecule has 0 aliphatic rings. The molecule has 18 heavy (non-hydrogen) atoms. The highest BCUT2D eigenvalue weighted by molar-refractivity contribution is 6.31. The van der Waals surface area contributed by atoms with Crippen LogP contribution in [-0.2, 0) is 12.8 Å². The molecule has 0 amide bonds. The maximum absolute atomic E-state index is 6.14. The normalized spacial score (nSPS) is 12.3. The van der Waals surface area contributed by atoms with E-state index in [1.54, 1.807) is 6.20 Å². The first-order chi connectivity index (χ1) is 8.75. The molecular weight excluding hydrogens is 244 g/mol. The Morgan fingerprint density at radius 3 is 2.72 bits per heavy atom. The smallest absolute Gasteiger partial charge is 0.0438 e. The van der Waals surface area contributed by atoms with Crippen molar-refractivity contribution >= 4 is 11.6 Å². The first-order valence-electron chi connectivity index (χ1n) is 6.13. The van der Waals surface area contributed by atoms with Gasteiger partial charge in [-0.05, 0) is 42.5 Å². The highest BCUT2D eigenvalue weighted by Crippen LogP contribution is 2.17. The van der Waals surface area contributed by atoms with Gasteiger partial charge in [0.1, 0.15) is 0 Å². The number of halogens is 1. The molecule has 2 nitrogen and oxygen atoms in total. The van der Waals surface area contributed by atoms with Gasteiger partial charge in [-0.1, -0.05) is 35.9 Å². The Hall–Kier alpha value is -1.38. The van der Waals surface area contributed by atoms with Crippen molar-refractivity contribution in [2.24, 2.45) is 5.73 Å². The number of rotatable bonds is 5. The second kappa shape index (κ2) is 6.53. The molecule has 1 aromatic carbocycles. The van der Waals surface area contributed by atoms with E-state index in [9.17, 15) is 0 Å². The van der Waals surface area contributed by atoms with Gasteiger partial charge in [0, 0.05) is 23.5 Å². The van der Waals surface area contributed by atoms with E-state index in [2.05, 4.69) is 11.1 Å². The lowest BCUT2D eigenvalue weighted by molar-refractivity contribution is 0.610. The summed E-state index contributed by atoms with van der Waals surface area (Å²) in [6.07, 6.45) is 6.39. The summed E-state index contributed by atoms with van der Waals surface area (Å²) < 4.78 is 0. The van der Waals surface area contributed by atoms with Crippen LogP contribution in [0.5, 0.6) is 0 Å². The van der Waals surface area contributed by atoms with Gasteiger partial charge < -0.3 is 5.73 Å². The van der Waals surface area contributed by atoms with E-state index in [1.807, 2.05) is 36.5 Å². The molecule has 0 spiro atoms. The van der Waals surface area contributed by atoms with Gasteiger partial charge in [0.2, 0.25) is 0 Å². The van der Waals surface area contributed by atoms with E-state index in [0.29, 0.717) is 0 Å². The van der Waals surface area contributed by atoms with Crippen LogP contribution in [0.4, 0.5) is 0 Å². The average molecular weight is 261 g/mol. The molecule has 2 aromatic rings. The fourth-order valence-corrected chi connectivity index (χ4v) is 2.16. The molecule has 0 saturated carbocycles. The summed E-state index contributed by atoms with van der Waals surface area (Å²) >= 11 is 6.12. The van der Waals surface area contributed by atoms with Crippen LogP contribution >= 0.6 is 11.6 Å². The van der Waals surface area contributed by atoms with Crippen molar-refractivity contribution in [2.45, 2.75) is 25.3 Å². The zero-order valence-electron chi connectivity index (χ0n) is 10.2. The molecule has 0 radical (unpaired) electrons. The second-order valence-electron chi connectivity index (χ2n) is 4.46. The lowest BCUT2D eigenvalue weighted by Crippen LogP contribution is -2.23. The Labute approximate surface area is 113 Å². The number of nitrogens with two attached hydrogens (primary N) is 1. The van der Waals surface area contributed by atoms with E-state index >= 15 is 0 Å². The summed E-state index contributed by atoms with van der Waals surface area (Å²) in [6, 6.07) is 12.0. The van der Waals surface area contributed by atoms with Crippen LogP contribution in [0.3, 0.4) is 0 Å². The molecule has 1 heterocycles. The van der Waals surface area contributed by atoms with Gasteiger partial charge in [-0.15, -0.1) is 0 Å². The average Bonchev–Trinajstić information content (AvgIpc) is 2.40. The van der Waals surface area contributed by atoms with Gasteiger partial charge in [0.05, 0.1) is 0 Å². The molecule has 1 unspecified atom stereocenters. The maximum atomic E-state index is 6.14. The summed E-state index contributed by atoms with van der Waals surface area (Å²) in [4.78, 5) is 4.10. The largest absolute Gasteiger partial charge is 0.327 e. The molecule has 1 atom stereocenters. The number of hydrogen-bond acceptors (Lipinski definition) is 2. The summed E-state index contributed by atoms with van der Waals surface area (Å²) in [5.41, 5.74) is 8.50. The molecule has 0 aliphatic heterocycles. The van der Waals surface area contributed by atoms with Crippen molar-refractivity contribution in [2.75, 3.05) is 0 Å². The molecule has 3 heteroatoms. The van der Waals surface area contributed by atoms with Gasteiger partial charge in [-0.2, -0.15) is 0 Å². The van der Waals surface area contributed by atoms with Crippen LogP contribution in [0, 0.1) is 0 Å². The number of aromatic nitrogens is 1. The maximum Gasteiger partial charge on any atom is 0.0438 e. The molecule has 94 valence electrons. The van der Waals surface area contributed by atoms with Crippen molar-refractivity contribution < 1.29 is 0 Å². The van der Waals surface area contributed by atoms with E-state index in [-0.39, 0.29) is 6.04 Å². The van der Waals surface area contributed by atoms with Crippen molar-refractivity contribution in [1.82, 2.24) is 4.98 Å². The van der Waals surface area contributed by atoms with Crippen LogP contribution in [0.15, 0.2) is 48.8 Å². The van der Waals surface area contributed by atoms with Gasteiger partial charge in [-0.3, -0.25) is 4.98 Å². The van der Waals surface area contributed by atoms with Gasteiger partial charge in [-0.25, -0.2) is 0 Å². The van der Waals surface area contributed by atoms with Crippen LogP contribution in [0.25, 0.3) is 0 Å². The molecule has 0 aliphatic carbocycles. The SMILES string of the molecule is NC(CCc1cccnc1)Cc1ccccc1Cl. The Kier molecular flexibility index (Phi) is 4.73. The minimum Gasteiger partial charge on any atom is -0.327 e.